The van der Waals surface area contributed by atoms with Gasteiger partial charge in [0.25, 0.3) is 5.91 Å². The van der Waals surface area contributed by atoms with Gasteiger partial charge in [0.1, 0.15) is 29.5 Å². The number of nitrogens with one attached hydrogen (secondary N) is 1. The van der Waals surface area contributed by atoms with Gasteiger partial charge >= 0.3 is 0 Å². The number of benzene rings is 2. The monoisotopic (exact) mass is 337 g/mol. The Morgan fingerprint density at radius 3 is 2.29 bits per heavy atom. The highest BCUT2D eigenvalue weighted by molar-refractivity contribution is 5.99. The largest absolute Gasteiger partial charge is 0.496 e. The summed E-state index contributed by atoms with van der Waals surface area (Å²) in [6, 6.07) is 8.00. The second-order valence-electron chi connectivity index (χ2n) is 4.72. The Bertz CT molecular complexity index is 699. The molecule has 24 heavy (non-hydrogen) atoms. The molecule has 1 N–H and O–H groups in total. The van der Waals surface area contributed by atoms with E-state index in [2.05, 4.69) is 5.32 Å². The predicted octanol–water partition coefficient (Wildman–Crippen LogP) is 2.79. The van der Waals surface area contributed by atoms with E-state index in [-0.39, 0.29) is 24.5 Å². The van der Waals surface area contributed by atoms with Crippen LogP contribution in [0, 0.1) is 11.6 Å². The minimum atomic E-state index is -0.798. The van der Waals surface area contributed by atoms with Crippen LogP contribution < -0.4 is 19.5 Å². The third kappa shape index (κ3) is 4.13. The number of carbonyl (C=O) groups is 1. The molecule has 0 bridgehead atoms. The molecule has 0 saturated heterocycles. The van der Waals surface area contributed by atoms with Gasteiger partial charge in [0.15, 0.2) is 11.6 Å². The molecule has 2 aromatic rings. The molecule has 5 nitrogen and oxygen atoms in total. The van der Waals surface area contributed by atoms with Crippen molar-refractivity contribution in [2.75, 3.05) is 27.4 Å². The Labute approximate surface area is 138 Å². The molecular formula is C17H17F2NO4. The molecule has 128 valence electrons. The van der Waals surface area contributed by atoms with Crippen molar-refractivity contribution >= 4 is 5.91 Å². The smallest absolute Gasteiger partial charge is 0.258 e. The van der Waals surface area contributed by atoms with Gasteiger partial charge in [-0.15, -0.1) is 0 Å². The molecular weight excluding hydrogens is 320 g/mol. The fourth-order valence-electron chi connectivity index (χ4n) is 2.08. The number of halogens is 2. The first-order valence-electron chi connectivity index (χ1n) is 7.14. The number of methoxy groups -OCH3 is 2. The number of carbonyl (C=O) groups excluding carboxylic acids is 1. The van der Waals surface area contributed by atoms with Gasteiger partial charge in [-0.1, -0.05) is 6.07 Å². The first-order valence-corrected chi connectivity index (χ1v) is 7.14. The molecule has 0 atom stereocenters. The topological polar surface area (TPSA) is 56.8 Å². The molecule has 0 unspecified atom stereocenters. The maximum absolute atomic E-state index is 13.4. The quantitative estimate of drug-likeness (QED) is 0.790. The Morgan fingerprint density at radius 2 is 1.71 bits per heavy atom. The Balaban J connectivity index is 1.94. The molecule has 0 saturated carbocycles. The van der Waals surface area contributed by atoms with E-state index in [1.165, 1.54) is 20.3 Å². The molecule has 2 aromatic carbocycles. The summed E-state index contributed by atoms with van der Waals surface area (Å²) in [4.78, 5) is 12.3. The Hall–Kier alpha value is -2.83. The van der Waals surface area contributed by atoms with Crippen LogP contribution in [0.5, 0.6) is 17.2 Å². The predicted molar refractivity (Wildman–Crippen MR) is 83.7 cm³/mol. The van der Waals surface area contributed by atoms with Gasteiger partial charge in [-0.3, -0.25) is 4.79 Å². The number of hydrogen-bond donors (Lipinski definition) is 1. The van der Waals surface area contributed by atoms with Crippen molar-refractivity contribution in [2.24, 2.45) is 0 Å². The zero-order valence-electron chi connectivity index (χ0n) is 13.3. The lowest BCUT2D eigenvalue weighted by Crippen LogP contribution is -2.29. The van der Waals surface area contributed by atoms with Gasteiger partial charge in [-0.25, -0.2) is 8.78 Å². The highest BCUT2D eigenvalue weighted by Gasteiger charge is 2.17. The SMILES string of the molecule is COc1cccc(OC)c1C(=O)NCCOc1ccc(F)cc1F. The number of rotatable bonds is 7. The summed E-state index contributed by atoms with van der Waals surface area (Å²) in [6.07, 6.45) is 0. The molecule has 0 fully saturated rings. The van der Waals surface area contributed by atoms with Crippen molar-refractivity contribution < 1.29 is 27.8 Å². The molecule has 0 aliphatic rings. The average Bonchev–Trinajstić information content (AvgIpc) is 2.59. The molecule has 0 aliphatic heterocycles. The summed E-state index contributed by atoms with van der Waals surface area (Å²) in [6.45, 7) is 0.141. The molecule has 0 aromatic heterocycles. The van der Waals surface area contributed by atoms with E-state index < -0.39 is 17.5 Å². The molecule has 0 heterocycles. The summed E-state index contributed by atoms with van der Waals surface area (Å²) < 4.78 is 41.7. The van der Waals surface area contributed by atoms with Crippen LogP contribution in [0.3, 0.4) is 0 Å². The maximum atomic E-state index is 13.4. The van der Waals surface area contributed by atoms with E-state index in [1.807, 2.05) is 0 Å². The average molecular weight is 337 g/mol. The van der Waals surface area contributed by atoms with Crippen LogP contribution in [-0.4, -0.2) is 33.3 Å². The second kappa shape index (κ2) is 8.14. The van der Waals surface area contributed by atoms with Gasteiger partial charge in [-0.2, -0.15) is 0 Å². The minimum absolute atomic E-state index is 0.0196. The van der Waals surface area contributed by atoms with E-state index in [1.54, 1.807) is 18.2 Å². The van der Waals surface area contributed by atoms with Crippen molar-refractivity contribution in [2.45, 2.75) is 0 Å². The normalized spacial score (nSPS) is 10.2. The van der Waals surface area contributed by atoms with Crippen molar-refractivity contribution in [3.05, 3.63) is 53.6 Å². The van der Waals surface area contributed by atoms with Crippen molar-refractivity contribution in [3.8, 4) is 17.2 Å². The lowest BCUT2D eigenvalue weighted by molar-refractivity contribution is 0.0940. The molecule has 0 radical (unpaired) electrons. The highest BCUT2D eigenvalue weighted by Crippen LogP contribution is 2.27. The summed E-state index contributed by atoms with van der Waals surface area (Å²) in [5, 5.41) is 2.63. The third-order valence-electron chi connectivity index (χ3n) is 3.19. The van der Waals surface area contributed by atoms with Crippen molar-refractivity contribution in [1.82, 2.24) is 5.32 Å². The standard InChI is InChI=1S/C17H17F2NO4/c1-22-14-4-3-5-15(23-2)16(14)17(21)20-8-9-24-13-7-6-11(18)10-12(13)19/h3-7,10H,8-9H2,1-2H3,(H,20,21). The minimum Gasteiger partial charge on any atom is -0.496 e. The fourth-order valence-corrected chi connectivity index (χ4v) is 2.08. The van der Waals surface area contributed by atoms with Gasteiger partial charge in [0.05, 0.1) is 20.8 Å². The van der Waals surface area contributed by atoms with Gasteiger partial charge in [0.2, 0.25) is 0 Å². The van der Waals surface area contributed by atoms with Crippen LogP contribution in [0.15, 0.2) is 36.4 Å². The van der Waals surface area contributed by atoms with Gasteiger partial charge < -0.3 is 19.5 Å². The number of ether oxygens (including phenoxy) is 3. The van der Waals surface area contributed by atoms with Crippen molar-refractivity contribution in [1.29, 1.82) is 0 Å². The van der Waals surface area contributed by atoms with Crippen LogP contribution in [0.25, 0.3) is 0 Å². The Kier molecular flexibility index (Phi) is 5.95. The van der Waals surface area contributed by atoms with Crippen LogP contribution >= 0.6 is 0 Å². The van der Waals surface area contributed by atoms with Crippen LogP contribution in [0.2, 0.25) is 0 Å². The molecule has 0 aliphatic carbocycles. The fraction of sp³-hybridized carbons (Fsp3) is 0.235. The van der Waals surface area contributed by atoms with Crippen LogP contribution in [0.1, 0.15) is 10.4 Å². The maximum Gasteiger partial charge on any atom is 0.258 e. The van der Waals surface area contributed by atoms with Crippen molar-refractivity contribution in [3.63, 3.8) is 0 Å². The lowest BCUT2D eigenvalue weighted by atomic mass is 10.1. The first kappa shape index (κ1) is 17.5. The van der Waals surface area contributed by atoms with E-state index >= 15 is 0 Å². The lowest BCUT2D eigenvalue weighted by Gasteiger charge is -2.13. The van der Waals surface area contributed by atoms with E-state index in [4.69, 9.17) is 14.2 Å². The van der Waals surface area contributed by atoms with Crippen LogP contribution in [0.4, 0.5) is 8.78 Å². The Morgan fingerprint density at radius 1 is 1.04 bits per heavy atom. The molecule has 1 amide bonds. The first-order chi connectivity index (χ1) is 11.6. The van der Waals surface area contributed by atoms with Gasteiger partial charge in [-0.05, 0) is 24.3 Å². The molecule has 7 heteroatoms. The van der Waals surface area contributed by atoms with E-state index in [9.17, 15) is 13.6 Å². The second-order valence-corrected chi connectivity index (χ2v) is 4.72. The zero-order valence-corrected chi connectivity index (χ0v) is 13.3. The van der Waals surface area contributed by atoms with Crippen LogP contribution in [-0.2, 0) is 0 Å². The van der Waals surface area contributed by atoms with E-state index in [0.29, 0.717) is 11.5 Å². The summed E-state index contributed by atoms with van der Waals surface area (Å²) >= 11 is 0. The zero-order chi connectivity index (χ0) is 17.5. The number of amides is 1. The summed E-state index contributed by atoms with van der Waals surface area (Å²) in [7, 11) is 2.90. The van der Waals surface area contributed by atoms with Gasteiger partial charge in [0, 0.05) is 6.07 Å². The number of hydrogen-bond acceptors (Lipinski definition) is 4. The third-order valence-corrected chi connectivity index (χ3v) is 3.19. The molecule has 2 rings (SSSR count). The molecule has 0 spiro atoms. The highest BCUT2D eigenvalue weighted by atomic mass is 19.1. The summed E-state index contributed by atoms with van der Waals surface area (Å²) in [5.74, 6) is -1.23. The van der Waals surface area contributed by atoms with E-state index in [0.717, 1.165) is 12.1 Å². The summed E-state index contributed by atoms with van der Waals surface area (Å²) in [5.41, 5.74) is 0.260.